The molecule has 0 bridgehead atoms. The van der Waals surface area contributed by atoms with Gasteiger partial charge in [-0.1, -0.05) is 19.0 Å². The molecule has 4 heterocycles. The highest BCUT2D eigenvalue weighted by molar-refractivity contribution is 6.30. The average Bonchev–Trinajstić information content (AvgIpc) is 2.91. The Kier molecular flexibility index (Phi) is 12.8. The number of halogens is 1. The fraction of sp³-hybridized carbons (Fsp3) is 0.0741. The van der Waals surface area contributed by atoms with Gasteiger partial charge in [-0.25, -0.2) is 4.98 Å². The summed E-state index contributed by atoms with van der Waals surface area (Å²) in [5.41, 5.74) is 2.64. The van der Waals surface area contributed by atoms with E-state index in [0.29, 0.717) is 27.9 Å². The lowest BCUT2D eigenvalue weighted by atomic mass is 10.1. The lowest BCUT2D eigenvalue weighted by Gasteiger charge is -2.00. The van der Waals surface area contributed by atoms with E-state index in [4.69, 9.17) is 22.1 Å². The Labute approximate surface area is 214 Å². The summed E-state index contributed by atoms with van der Waals surface area (Å²) in [6.07, 6.45) is 11.0. The minimum absolute atomic E-state index is 0. The van der Waals surface area contributed by atoms with Crippen LogP contribution in [-0.4, -0.2) is 30.8 Å². The van der Waals surface area contributed by atoms with Crippen molar-refractivity contribution in [2.24, 2.45) is 0 Å². The van der Waals surface area contributed by atoms with Crippen LogP contribution < -0.4 is 0 Å². The Balaban J connectivity index is 0.000000291. The monoisotopic (exact) mass is 498 g/mol. The molecule has 0 fully saturated rings. The third kappa shape index (κ3) is 9.52. The average molecular weight is 499 g/mol. The Morgan fingerprint density at radius 2 is 1.33 bits per heavy atom. The van der Waals surface area contributed by atoms with Crippen LogP contribution >= 0.6 is 11.6 Å². The van der Waals surface area contributed by atoms with Crippen molar-refractivity contribution in [1.82, 2.24) is 19.9 Å². The summed E-state index contributed by atoms with van der Waals surface area (Å²) in [6, 6.07) is 17.3. The lowest BCUT2D eigenvalue weighted by Crippen LogP contribution is -1.89. The number of carbonyl (C=O) groups excluding carboxylic acids is 1. The molecule has 36 heavy (non-hydrogen) atoms. The maximum Gasteiger partial charge on any atom is 0.159 e. The molecule has 0 spiro atoms. The summed E-state index contributed by atoms with van der Waals surface area (Å²) < 4.78 is 0. The molecule has 0 aromatic carbocycles. The second-order valence-electron chi connectivity index (χ2n) is 6.56. The van der Waals surface area contributed by atoms with Crippen LogP contribution in [0.1, 0.15) is 47.1 Å². The van der Waals surface area contributed by atoms with Gasteiger partial charge in [-0.05, 0) is 55.5 Å². The standard InChI is InChI=1S/C13H9N3O.C7H7NO.C6H3ClN2.CH4/c14-9-11-2-1-5-16-12(11)8-13(17)10-3-6-15-7-4-10;1-6(9)7-2-4-8-5-3-7;7-6-5(4-8)2-1-3-9-6;/h1-8,17H;2-5H,1H3;1-3H;1H4/b13-8-;;;. The van der Waals surface area contributed by atoms with Crippen LogP contribution in [0.15, 0.2) is 85.7 Å². The first-order valence-corrected chi connectivity index (χ1v) is 10.4. The van der Waals surface area contributed by atoms with Crippen molar-refractivity contribution in [1.29, 1.82) is 10.5 Å². The number of aromatic nitrogens is 4. The van der Waals surface area contributed by atoms with E-state index in [0.717, 1.165) is 0 Å². The predicted molar refractivity (Wildman–Crippen MR) is 139 cm³/mol. The molecule has 180 valence electrons. The molecule has 0 aliphatic rings. The minimum Gasteiger partial charge on any atom is -0.507 e. The van der Waals surface area contributed by atoms with Gasteiger partial charge in [0.25, 0.3) is 0 Å². The summed E-state index contributed by atoms with van der Waals surface area (Å²) in [5.74, 6) is 0.139. The maximum absolute atomic E-state index is 10.6. The van der Waals surface area contributed by atoms with E-state index in [9.17, 15) is 9.90 Å². The largest absolute Gasteiger partial charge is 0.507 e. The number of hydrogen-bond donors (Lipinski definition) is 1. The zero-order valence-corrected chi connectivity index (χ0v) is 19.3. The first-order chi connectivity index (χ1) is 17.0. The summed E-state index contributed by atoms with van der Waals surface area (Å²) >= 11 is 5.49. The molecule has 0 radical (unpaired) electrons. The first kappa shape index (κ1) is 29.1. The smallest absolute Gasteiger partial charge is 0.159 e. The third-order valence-electron chi connectivity index (χ3n) is 4.17. The van der Waals surface area contributed by atoms with Gasteiger partial charge in [-0.15, -0.1) is 0 Å². The number of hydrogen-bond acceptors (Lipinski definition) is 8. The molecule has 0 aliphatic carbocycles. The van der Waals surface area contributed by atoms with Gasteiger partial charge in [0.2, 0.25) is 0 Å². The van der Waals surface area contributed by atoms with E-state index < -0.39 is 0 Å². The van der Waals surface area contributed by atoms with E-state index in [1.807, 2.05) is 12.1 Å². The summed E-state index contributed by atoms with van der Waals surface area (Å²) in [4.78, 5) is 26.0. The highest BCUT2D eigenvalue weighted by atomic mass is 35.5. The summed E-state index contributed by atoms with van der Waals surface area (Å²) in [5, 5.41) is 27.4. The lowest BCUT2D eigenvalue weighted by molar-refractivity contribution is 0.101. The fourth-order valence-electron chi connectivity index (χ4n) is 2.42. The second-order valence-corrected chi connectivity index (χ2v) is 6.92. The SMILES string of the molecule is C.CC(=O)c1ccncc1.N#Cc1cccnc1/C=C(\O)c1ccncc1.N#Cc1cccnc1Cl. The van der Waals surface area contributed by atoms with Crippen molar-refractivity contribution >= 4 is 29.2 Å². The van der Waals surface area contributed by atoms with Crippen molar-refractivity contribution < 1.29 is 9.90 Å². The number of aliphatic hydroxyl groups excluding tert-OH is 1. The van der Waals surface area contributed by atoms with E-state index in [1.165, 1.54) is 13.0 Å². The molecule has 0 atom stereocenters. The van der Waals surface area contributed by atoms with Crippen LogP contribution in [0.25, 0.3) is 11.8 Å². The van der Waals surface area contributed by atoms with Gasteiger partial charge in [0.05, 0.1) is 16.8 Å². The van der Waals surface area contributed by atoms with Crippen molar-refractivity contribution in [2.45, 2.75) is 14.4 Å². The Morgan fingerprint density at radius 1 is 0.833 bits per heavy atom. The van der Waals surface area contributed by atoms with E-state index in [-0.39, 0.29) is 24.1 Å². The zero-order valence-electron chi connectivity index (χ0n) is 18.6. The number of nitriles is 2. The molecule has 1 N–H and O–H groups in total. The third-order valence-corrected chi connectivity index (χ3v) is 4.48. The predicted octanol–water partition coefficient (Wildman–Crippen LogP) is 5.93. The second kappa shape index (κ2) is 15.8. The van der Waals surface area contributed by atoms with Gasteiger partial charge in [-0.2, -0.15) is 10.5 Å². The van der Waals surface area contributed by atoms with Crippen LogP contribution in [0.3, 0.4) is 0 Å². The van der Waals surface area contributed by atoms with Gasteiger partial charge in [0.15, 0.2) is 5.78 Å². The highest BCUT2D eigenvalue weighted by Gasteiger charge is 2.03. The Morgan fingerprint density at radius 3 is 1.78 bits per heavy atom. The molecule has 4 aromatic rings. The van der Waals surface area contributed by atoms with Crippen molar-refractivity contribution in [2.75, 3.05) is 0 Å². The van der Waals surface area contributed by atoms with Crippen LogP contribution in [0.2, 0.25) is 5.15 Å². The quantitative estimate of drug-likeness (QED) is 0.208. The van der Waals surface area contributed by atoms with E-state index in [2.05, 4.69) is 19.9 Å². The molecule has 8 nitrogen and oxygen atoms in total. The van der Waals surface area contributed by atoms with Crippen molar-refractivity contribution in [3.05, 3.63) is 119 Å². The number of aliphatic hydroxyl groups is 1. The first-order valence-electron chi connectivity index (χ1n) is 10.0. The topological polar surface area (TPSA) is 136 Å². The van der Waals surface area contributed by atoms with Gasteiger partial charge < -0.3 is 5.11 Å². The number of carbonyl (C=O) groups is 1. The van der Waals surface area contributed by atoms with Crippen LogP contribution in [0.5, 0.6) is 0 Å². The Hall–Kier alpha value is -4.92. The van der Waals surface area contributed by atoms with Crippen LogP contribution in [0.4, 0.5) is 0 Å². The van der Waals surface area contributed by atoms with Gasteiger partial charge in [-0.3, -0.25) is 19.7 Å². The van der Waals surface area contributed by atoms with Gasteiger partial charge >= 0.3 is 0 Å². The molecule has 0 saturated heterocycles. The molecule has 4 rings (SSSR count). The van der Waals surface area contributed by atoms with E-state index >= 15 is 0 Å². The van der Waals surface area contributed by atoms with Crippen molar-refractivity contribution in [3.8, 4) is 12.1 Å². The van der Waals surface area contributed by atoms with E-state index in [1.54, 1.807) is 85.7 Å². The molecule has 0 amide bonds. The van der Waals surface area contributed by atoms with Crippen molar-refractivity contribution in [3.63, 3.8) is 0 Å². The number of rotatable bonds is 3. The molecular formula is C27H23ClN6O2. The van der Waals surface area contributed by atoms with Gasteiger partial charge in [0.1, 0.15) is 23.1 Å². The molecular weight excluding hydrogens is 476 g/mol. The van der Waals surface area contributed by atoms with Crippen LogP contribution in [0, 0.1) is 22.7 Å². The minimum atomic E-state index is 0. The Bertz CT molecular complexity index is 1360. The summed E-state index contributed by atoms with van der Waals surface area (Å²) in [6.45, 7) is 1.54. The maximum atomic E-state index is 10.6. The molecule has 4 aromatic heterocycles. The van der Waals surface area contributed by atoms with Crippen LogP contribution in [-0.2, 0) is 0 Å². The number of ketones is 1. The number of Topliss-reactive ketones (excluding diaryl/α,β-unsaturated/α-hetero) is 1. The number of nitrogens with zero attached hydrogens (tertiary/aromatic N) is 6. The molecule has 0 unspecified atom stereocenters. The molecule has 9 heteroatoms. The zero-order chi connectivity index (χ0) is 25.5. The summed E-state index contributed by atoms with van der Waals surface area (Å²) in [7, 11) is 0. The van der Waals surface area contributed by atoms with Gasteiger partial charge in [0, 0.05) is 54.4 Å². The molecule has 0 aliphatic heterocycles. The molecule has 0 saturated carbocycles. The normalized spacial score (nSPS) is 9.50. The highest BCUT2D eigenvalue weighted by Crippen LogP contribution is 2.15. The number of pyridine rings is 4. The fourth-order valence-corrected chi connectivity index (χ4v) is 2.58.